The average molecular weight is 655 g/mol. The summed E-state index contributed by atoms with van der Waals surface area (Å²) in [5.41, 5.74) is 11.8. The van der Waals surface area contributed by atoms with E-state index < -0.39 is 0 Å². The maximum Gasteiger partial charge on any atom is 0.227 e. The zero-order valence-electron chi connectivity index (χ0n) is 27.5. The molecule has 0 atom stereocenters. The fourth-order valence-electron chi connectivity index (χ4n) is 7.16. The molecule has 0 aliphatic rings. The summed E-state index contributed by atoms with van der Waals surface area (Å²) in [6, 6.07) is 63.6. The van der Waals surface area contributed by atoms with Crippen LogP contribution < -0.4 is 4.90 Å². The van der Waals surface area contributed by atoms with E-state index in [9.17, 15) is 0 Å². The number of nitrogens with zero attached hydrogens (tertiary/aromatic N) is 2. The van der Waals surface area contributed by atoms with Gasteiger partial charge in [0, 0.05) is 45.4 Å². The van der Waals surface area contributed by atoms with Gasteiger partial charge in [-0.25, -0.2) is 4.98 Å². The summed E-state index contributed by atoms with van der Waals surface area (Å²) in [6.07, 6.45) is 0. The van der Waals surface area contributed by atoms with Crippen LogP contribution in [0.15, 0.2) is 191 Å². The number of para-hydroxylation sites is 1. The highest BCUT2D eigenvalue weighted by Crippen LogP contribution is 2.43. The molecule has 4 nitrogen and oxygen atoms in total. The van der Waals surface area contributed by atoms with Gasteiger partial charge in [-0.1, -0.05) is 115 Å². The molecule has 2 aromatic heterocycles. The Morgan fingerprint density at radius 2 is 1.06 bits per heavy atom. The second-order valence-electron chi connectivity index (χ2n) is 12.8. The van der Waals surface area contributed by atoms with E-state index in [4.69, 9.17) is 13.8 Å². The van der Waals surface area contributed by atoms with Crippen molar-refractivity contribution in [2.75, 3.05) is 4.90 Å². The standard InChI is InChI=1S/C47H30N2O2/c1-3-12-33(13-4-1)39-17-9-10-18-43(39)49(37-23-21-32(22-24-37)36-20-19-31-11-7-8-16-35(31)27-36)38-25-26-40-41-29-42-46(30-45(41)50-44(40)28-38)51-47(48-42)34-14-5-2-6-15-34/h1-30H. The van der Waals surface area contributed by atoms with Crippen molar-refractivity contribution in [2.24, 2.45) is 0 Å². The average Bonchev–Trinajstić information content (AvgIpc) is 3.78. The third kappa shape index (κ3) is 5.13. The van der Waals surface area contributed by atoms with Crippen molar-refractivity contribution in [1.29, 1.82) is 0 Å². The Bertz CT molecular complexity index is 2850. The molecule has 0 fully saturated rings. The molecule has 2 heterocycles. The van der Waals surface area contributed by atoms with Crippen LogP contribution in [0.5, 0.6) is 0 Å². The van der Waals surface area contributed by atoms with E-state index in [-0.39, 0.29) is 0 Å². The number of fused-ring (bicyclic) bond motifs is 5. The summed E-state index contributed by atoms with van der Waals surface area (Å²) in [6.45, 7) is 0. The molecular weight excluding hydrogens is 625 g/mol. The minimum absolute atomic E-state index is 0.601. The summed E-state index contributed by atoms with van der Waals surface area (Å²) < 4.78 is 12.7. The van der Waals surface area contributed by atoms with Crippen LogP contribution in [0.4, 0.5) is 17.1 Å². The molecule has 0 aliphatic heterocycles. The number of oxazole rings is 1. The molecule has 0 saturated heterocycles. The van der Waals surface area contributed by atoms with E-state index >= 15 is 0 Å². The highest BCUT2D eigenvalue weighted by Gasteiger charge is 2.20. The van der Waals surface area contributed by atoms with Crippen LogP contribution in [0, 0.1) is 0 Å². The Morgan fingerprint density at radius 3 is 1.88 bits per heavy atom. The largest absolute Gasteiger partial charge is 0.456 e. The Morgan fingerprint density at radius 1 is 0.392 bits per heavy atom. The lowest BCUT2D eigenvalue weighted by molar-refractivity contribution is 0.617. The minimum Gasteiger partial charge on any atom is -0.456 e. The van der Waals surface area contributed by atoms with Gasteiger partial charge >= 0.3 is 0 Å². The molecule has 51 heavy (non-hydrogen) atoms. The normalized spacial score (nSPS) is 11.5. The summed E-state index contributed by atoms with van der Waals surface area (Å²) in [5, 5.41) is 4.51. The van der Waals surface area contributed by atoms with Crippen LogP contribution in [-0.4, -0.2) is 4.98 Å². The lowest BCUT2D eigenvalue weighted by Crippen LogP contribution is -2.11. The van der Waals surface area contributed by atoms with Crippen LogP contribution in [0.2, 0.25) is 0 Å². The first-order valence-electron chi connectivity index (χ1n) is 17.1. The Balaban J connectivity index is 1.10. The zero-order valence-corrected chi connectivity index (χ0v) is 27.5. The van der Waals surface area contributed by atoms with Crippen LogP contribution in [0.1, 0.15) is 0 Å². The molecule has 0 radical (unpaired) electrons. The maximum atomic E-state index is 6.55. The molecule has 0 unspecified atom stereocenters. The monoisotopic (exact) mass is 654 g/mol. The van der Waals surface area contributed by atoms with Crippen molar-refractivity contribution < 1.29 is 8.83 Å². The van der Waals surface area contributed by atoms with Gasteiger partial charge in [-0.3, -0.25) is 0 Å². The van der Waals surface area contributed by atoms with Crippen molar-refractivity contribution in [3.63, 3.8) is 0 Å². The lowest BCUT2D eigenvalue weighted by Gasteiger charge is -2.28. The van der Waals surface area contributed by atoms with Gasteiger partial charge in [-0.05, 0) is 82.1 Å². The zero-order chi connectivity index (χ0) is 33.7. The number of hydrogen-bond acceptors (Lipinski definition) is 4. The SMILES string of the molecule is c1ccc(-c2nc3cc4c(cc3o2)oc2cc(N(c3ccc(-c5ccc6ccccc6c5)cc3)c3ccccc3-c3ccccc3)ccc24)cc1. The smallest absolute Gasteiger partial charge is 0.227 e. The van der Waals surface area contributed by atoms with Crippen LogP contribution in [0.3, 0.4) is 0 Å². The number of benzene rings is 8. The highest BCUT2D eigenvalue weighted by molar-refractivity contribution is 6.10. The fraction of sp³-hybridized carbons (Fsp3) is 0. The number of rotatable bonds is 6. The van der Waals surface area contributed by atoms with E-state index in [0.717, 1.165) is 61.2 Å². The minimum atomic E-state index is 0.601. The van der Waals surface area contributed by atoms with Gasteiger partial charge in [0.2, 0.25) is 5.89 Å². The number of hydrogen-bond donors (Lipinski definition) is 0. The van der Waals surface area contributed by atoms with Crippen molar-refractivity contribution in [3.8, 4) is 33.7 Å². The van der Waals surface area contributed by atoms with E-state index in [2.05, 4.69) is 150 Å². The molecule has 0 bridgehead atoms. The van der Waals surface area contributed by atoms with Gasteiger partial charge in [0.25, 0.3) is 0 Å². The van der Waals surface area contributed by atoms with Crippen molar-refractivity contribution in [2.45, 2.75) is 0 Å². The summed E-state index contributed by atoms with van der Waals surface area (Å²) >= 11 is 0. The third-order valence-electron chi connectivity index (χ3n) is 9.68. The Hall–Kier alpha value is -6.91. The van der Waals surface area contributed by atoms with Crippen molar-refractivity contribution in [3.05, 3.63) is 182 Å². The van der Waals surface area contributed by atoms with E-state index in [1.54, 1.807) is 0 Å². The van der Waals surface area contributed by atoms with Gasteiger partial charge in [0.15, 0.2) is 5.58 Å². The quantitative estimate of drug-likeness (QED) is 0.179. The van der Waals surface area contributed by atoms with E-state index in [0.29, 0.717) is 11.5 Å². The molecule has 0 aliphatic carbocycles. The Labute approximate surface area is 294 Å². The molecule has 0 spiro atoms. The molecule has 0 amide bonds. The molecule has 4 heteroatoms. The fourth-order valence-corrected chi connectivity index (χ4v) is 7.16. The molecule has 8 aromatic carbocycles. The van der Waals surface area contributed by atoms with Gasteiger partial charge in [0.1, 0.15) is 16.7 Å². The molecule has 0 N–H and O–H groups in total. The number of furan rings is 1. The van der Waals surface area contributed by atoms with Gasteiger partial charge in [0.05, 0.1) is 5.69 Å². The van der Waals surface area contributed by atoms with Crippen molar-refractivity contribution >= 4 is 60.9 Å². The number of anilines is 3. The number of aromatic nitrogens is 1. The first-order valence-corrected chi connectivity index (χ1v) is 17.1. The summed E-state index contributed by atoms with van der Waals surface area (Å²) in [7, 11) is 0. The molecule has 10 aromatic rings. The molecule has 0 saturated carbocycles. The second kappa shape index (κ2) is 11.9. The van der Waals surface area contributed by atoms with Gasteiger partial charge < -0.3 is 13.7 Å². The Kier molecular flexibility index (Phi) is 6.78. The molecular formula is C47H30N2O2. The van der Waals surface area contributed by atoms with Gasteiger partial charge in [-0.15, -0.1) is 0 Å². The van der Waals surface area contributed by atoms with Gasteiger partial charge in [-0.2, -0.15) is 0 Å². The first kappa shape index (κ1) is 29.0. The predicted molar refractivity (Wildman–Crippen MR) is 210 cm³/mol. The topological polar surface area (TPSA) is 42.4 Å². The van der Waals surface area contributed by atoms with Crippen LogP contribution >= 0.6 is 0 Å². The predicted octanol–water partition coefficient (Wildman–Crippen LogP) is 13.4. The molecule has 240 valence electrons. The second-order valence-corrected chi connectivity index (χ2v) is 12.8. The van der Waals surface area contributed by atoms with Crippen LogP contribution in [-0.2, 0) is 0 Å². The van der Waals surface area contributed by atoms with E-state index in [1.807, 2.05) is 36.4 Å². The third-order valence-corrected chi connectivity index (χ3v) is 9.68. The molecule has 10 rings (SSSR count). The van der Waals surface area contributed by atoms with Crippen molar-refractivity contribution in [1.82, 2.24) is 4.98 Å². The summed E-state index contributed by atoms with van der Waals surface area (Å²) in [4.78, 5) is 7.13. The van der Waals surface area contributed by atoms with Crippen LogP contribution in [0.25, 0.3) is 77.5 Å². The first-order chi connectivity index (χ1) is 25.2. The maximum absolute atomic E-state index is 6.55. The van der Waals surface area contributed by atoms with E-state index in [1.165, 1.54) is 21.9 Å². The lowest BCUT2D eigenvalue weighted by atomic mass is 9.99. The highest BCUT2D eigenvalue weighted by atomic mass is 16.4. The summed E-state index contributed by atoms with van der Waals surface area (Å²) in [5.74, 6) is 0.601.